The number of aliphatic hydroxyl groups excluding tert-OH is 1. The van der Waals surface area contributed by atoms with Crippen LogP contribution in [0.1, 0.15) is 36.2 Å². The molecule has 112 valence electrons. The highest BCUT2D eigenvalue weighted by atomic mass is 19.4. The Kier molecular flexibility index (Phi) is 4.37. The predicted molar refractivity (Wildman–Crippen MR) is 66.2 cm³/mol. The Hall–Kier alpha value is -1.50. The third-order valence-corrected chi connectivity index (χ3v) is 3.46. The first-order valence-electron chi connectivity index (χ1n) is 6.57. The van der Waals surface area contributed by atoms with E-state index >= 15 is 0 Å². The first-order valence-corrected chi connectivity index (χ1v) is 6.57. The van der Waals surface area contributed by atoms with Crippen molar-refractivity contribution in [2.75, 3.05) is 0 Å². The standard InChI is InChI=1S/C13H17F3N2O2/c14-13(15,16)8-18-7-3-5-10(18)12(20)17-9-4-1-2-6-11(9)19/h3,5,7,9,11,19H,1-2,4,6,8H2,(H,17,20). The van der Waals surface area contributed by atoms with E-state index in [1.54, 1.807) is 0 Å². The molecule has 2 atom stereocenters. The number of alkyl halides is 3. The van der Waals surface area contributed by atoms with Gasteiger partial charge >= 0.3 is 6.18 Å². The van der Waals surface area contributed by atoms with Crippen LogP contribution < -0.4 is 5.32 Å². The van der Waals surface area contributed by atoms with Gasteiger partial charge in [-0.2, -0.15) is 13.2 Å². The van der Waals surface area contributed by atoms with Gasteiger partial charge in [0.15, 0.2) is 0 Å². The van der Waals surface area contributed by atoms with Gasteiger partial charge in [-0.15, -0.1) is 0 Å². The molecule has 1 aromatic heterocycles. The molecule has 1 saturated carbocycles. The lowest BCUT2D eigenvalue weighted by atomic mass is 9.92. The highest BCUT2D eigenvalue weighted by molar-refractivity contribution is 5.93. The molecule has 1 fully saturated rings. The van der Waals surface area contributed by atoms with Gasteiger partial charge in [-0.05, 0) is 25.0 Å². The molecule has 0 aromatic carbocycles. The predicted octanol–water partition coefficient (Wildman–Crippen LogP) is 2.08. The molecule has 0 spiro atoms. The molecule has 1 heterocycles. The second-order valence-corrected chi connectivity index (χ2v) is 5.07. The molecule has 0 radical (unpaired) electrons. The fourth-order valence-corrected chi connectivity index (χ4v) is 2.47. The second kappa shape index (κ2) is 5.87. The van der Waals surface area contributed by atoms with Crippen molar-refractivity contribution in [3.8, 4) is 0 Å². The van der Waals surface area contributed by atoms with E-state index in [1.807, 2.05) is 0 Å². The molecular formula is C13H17F3N2O2. The molecule has 2 unspecified atom stereocenters. The second-order valence-electron chi connectivity index (χ2n) is 5.07. The van der Waals surface area contributed by atoms with Crippen LogP contribution in [0.2, 0.25) is 0 Å². The van der Waals surface area contributed by atoms with Gasteiger partial charge in [0.25, 0.3) is 5.91 Å². The van der Waals surface area contributed by atoms with Crippen molar-refractivity contribution in [1.29, 1.82) is 0 Å². The number of nitrogens with zero attached hydrogens (tertiary/aromatic N) is 1. The minimum Gasteiger partial charge on any atom is -0.391 e. The molecule has 2 N–H and O–H groups in total. The minimum absolute atomic E-state index is 0.0416. The van der Waals surface area contributed by atoms with Gasteiger partial charge in [-0.1, -0.05) is 12.8 Å². The first kappa shape index (κ1) is 14.9. The number of carbonyl (C=O) groups excluding carboxylic acids is 1. The lowest BCUT2D eigenvalue weighted by Crippen LogP contribution is -2.45. The summed E-state index contributed by atoms with van der Waals surface area (Å²) in [5.41, 5.74) is -0.0416. The van der Waals surface area contributed by atoms with Gasteiger partial charge in [-0.3, -0.25) is 4.79 Å². The van der Waals surface area contributed by atoms with Crippen molar-refractivity contribution in [3.05, 3.63) is 24.0 Å². The van der Waals surface area contributed by atoms with Gasteiger partial charge < -0.3 is 15.0 Å². The zero-order chi connectivity index (χ0) is 14.8. The molecule has 0 aliphatic heterocycles. The Bertz CT molecular complexity index is 470. The number of halogens is 3. The quantitative estimate of drug-likeness (QED) is 0.895. The summed E-state index contributed by atoms with van der Waals surface area (Å²) in [5, 5.41) is 12.4. The van der Waals surface area contributed by atoms with Crippen LogP contribution in [0.3, 0.4) is 0 Å². The number of aliphatic hydroxyl groups is 1. The molecule has 1 amide bonds. The Morgan fingerprint density at radius 2 is 2.10 bits per heavy atom. The molecule has 4 nitrogen and oxygen atoms in total. The van der Waals surface area contributed by atoms with Crippen molar-refractivity contribution in [2.24, 2.45) is 0 Å². The van der Waals surface area contributed by atoms with Crippen molar-refractivity contribution in [3.63, 3.8) is 0 Å². The molecule has 1 aliphatic carbocycles. The van der Waals surface area contributed by atoms with Gasteiger partial charge in [0.1, 0.15) is 12.2 Å². The number of nitrogens with one attached hydrogen (secondary N) is 1. The lowest BCUT2D eigenvalue weighted by Gasteiger charge is -2.28. The normalized spacial score (nSPS) is 23.6. The average Bonchev–Trinajstić information content (AvgIpc) is 2.77. The summed E-state index contributed by atoms with van der Waals surface area (Å²) in [6.45, 7) is -1.20. The van der Waals surface area contributed by atoms with Crippen molar-refractivity contribution in [1.82, 2.24) is 9.88 Å². The zero-order valence-corrected chi connectivity index (χ0v) is 10.9. The Balaban J connectivity index is 2.04. The molecule has 0 bridgehead atoms. The number of amides is 1. The summed E-state index contributed by atoms with van der Waals surface area (Å²) >= 11 is 0. The smallest absolute Gasteiger partial charge is 0.391 e. The number of aromatic nitrogens is 1. The van der Waals surface area contributed by atoms with E-state index < -0.39 is 24.7 Å². The summed E-state index contributed by atoms with van der Waals surface area (Å²) in [7, 11) is 0. The maximum absolute atomic E-state index is 12.4. The van der Waals surface area contributed by atoms with E-state index in [0.717, 1.165) is 17.4 Å². The molecule has 7 heteroatoms. The topological polar surface area (TPSA) is 54.3 Å². The van der Waals surface area contributed by atoms with Crippen molar-refractivity contribution < 1.29 is 23.1 Å². The Morgan fingerprint density at radius 1 is 1.40 bits per heavy atom. The van der Waals surface area contributed by atoms with E-state index in [1.165, 1.54) is 18.3 Å². The van der Waals surface area contributed by atoms with E-state index in [4.69, 9.17) is 0 Å². The van der Waals surface area contributed by atoms with Crippen LogP contribution in [-0.4, -0.2) is 33.9 Å². The van der Waals surface area contributed by atoms with Crippen LogP contribution in [0, 0.1) is 0 Å². The summed E-state index contributed by atoms with van der Waals surface area (Å²) < 4.78 is 38.0. The highest BCUT2D eigenvalue weighted by Gasteiger charge is 2.30. The molecular weight excluding hydrogens is 273 g/mol. The summed E-state index contributed by atoms with van der Waals surface area (Å²) in [6, 6.07) is 2.36. The summed E-state index contributed by atoms with van der Waals surface area (Å²) in [6.07, 6.45) is -0.734. The third-order valence-electron chi connectivity index (χ3n) is 3.46. The average molecular weight is 290 g/mol. The zero-order valence-electron chi connectivity index (χ0n) is 10.9. The number of carbonyl (C=O) groups is 1. The number of hydrogen-bond donors (Lipinski definition) is 2. The SMILES string of the molecule is O=C(NC1CCCCC1O)c1cccn1CC(F)(F)F. The van der Waals surface area contributed by atoms with Gasteiger partial charge in [0, 0.05) is 6.20 Å². The monoisotopic (exact) mass is 290 g/mol. The number of hydrogen-bond acceptors (Lipinski definition) is 2. The maximum atomic E-state index is 12.4. The van der Waals surface area contributed by atoms with Crippen molar-refractivity contribution in [2.45, 2.75) is 50.6 Å². The molecule has 20 heavy (non-hydrogen) atoms. The third kappa shape index (κ3) is 3.75. The van der Waals surface area contributed by atoms with E-state index in [-0.39, 0.29) is 11.7 Å². The van der Waals surface area contributed by atoms with Gasteiger partial charge in [0.2, 0.25) is 0 Å². The fourth-order valence-electron chi connectivity index (χ4n) is 2.47. The van der Waals surface area contributed by atoms with Crippen LogP contribution in [0.15, 0.2) is 18.3 Å². The van der Waals surface area contributed by atoms with Crippen LogP contribution in [0.25, 0.3) is 0 Å². The van der Waals surface area contributed by atoms with E-state index in [0.29, 0.717) is 12.8 Å². The molecule has 0 saturated heterocycles. The highest BCUT2D eigenvalue weighted by Crippen LogP contribution is 2.21. The maximum Gasteiger partial charge on any atom is 0.406 e. The first-order chi connectivity index (χ1) is 9.37. The Morgan fingerprint density at radius 3 is 2.75 bits per heavy atom. The fraction of sp³-hybridized carbons (Fsp3) is 0.615. The van der Waals surface area contributed by atoms with Crippen LogP contribution in [0.4, 0.5) is 13.2 Å². The molecule has 1 aromatic rings. The lowest BCUT2D eigenvalue weighted by molar-refractivity contribution is -0.140. The van der Waals surface area contributed by atoms with E-state index in [2.05, 4.69) is 5.32 Å². The minimum atomic E-state index is -4.38. The molecule has 1 aliphatic rings. The molecule has 2 rings (SSSR count). The number of rotatable bonds is 3. The van der Waals surface area contributed by atoms with Gasteiger partial charge in [0.05, 0.1) is 12.1 Å². The largest absolute Gasteiger partial charge is 0.406 e. The van der Waals surface area contributed by atoms with Crippen LogP contribution >= 0.6 is 0 Å². The van der Waals surface area contributed by atoms with E-state index in [9.17, 15) is 23.1 Å². The van der Waals surface area contributed by atoms with Crippen molar-refractivity contribution >= 4 is 5.91 Å². The van der Waals surface area contributed by atoms with Crippen LogP contribution in [0.5, 0.6) is 0 Å². The Labute approximate surface area is 114 Å². The summed E-state index contributed by atoms with van der Waals surface area (Å²) in [4.78, 5) is 12.0. The summed E-state index contributed by atoms with van der Waals surface area (Å²) in [5.74, 6) is -0.579. The van der Waals surface area contributed by atoms with Crippen LogP contribution in [-0.2, 0) is 6.54 Å². The van der Waals surface area contributed by atoms with Gasteiger partial charge in [-0.25, -0.2) is 0 Å².